The van der Waals surface area contributed by atoms with Crippen LogP contribution in [-0.2, 0) is 19.1 Å². The number of halogens is 4. The Labute approximate surface area is 172 Å². The Morgan fingerprint density at radius 3 is 2.54 bits per heavy atom. The first-order valence-corrected chi connectivity index (χ1v) is 8.79. The van der Waals surface area contributed by atoms with Gasteiger partial charge in [0.2, 0.25) is 0 Å². The maximum Gasteiger partial charge on any atom is 0.434 e. The largest absolute Gasteiger partial charge is 0.434 e. The van der Waals surface area contributed by atoms with E-state index in [9.17, 15) is 13.2 Å². The van der Waals surface area contributed by atoms with Crippen molar-refractivity contribution < 1.29 is 13.2 Å². The van der Waals surface area contributed by atoms with Crippen LogP contribution in [0.25, 0.3) is 0 Å². The maximum absolute atomic E-state index is 12.6. The second-order valence-electron chi connectivity index (χ2n) is 5.62. The molecule has 0 aliphatic carbocycles. The summed E-state index contributed by atoms with van der Waals surface area (Å²) in [6.07, 6.45) is -2.55. The number of aryl methyl sites for hydroxylation is 1. The second-order valence-corrected chi connectivity index (χ2v) is 6.56. The summed E-state index contributed by atoms with van der Waals surface area (Å²) in [5.74, 6) is 0.546. The van der Waals surface area contributed by atoms with Crippen LogP contribution in [0.1, 0.15) is 29.6 Å². The Kier molecular flexibility index (Phi) is 9.34. The molecule has 0 spiro atoms. The number of alkyl halides is 3. The quantitative estimate of drug-likeness (QED) is 0.351. The fourth-order valence-electron chi connectivity index (χ4n) is 2.21. The van der Waals surface area contributed by atoms with Crippen molar-refractivity contribution in [2.45, 2.75) is 38.5 Å². The monoisotopic (exact) mass is 498 g/mol. The highest BCUT2D eigenvalue weighted by Gasteiger charge is 2.33. The van der Waals surface area contributed by atoms with E-state index in [1.54, 1.807) is 7.05 Å². The van der Waals surface area contributed by atoms with Crippen LogP contribution in [-0.4, -0.2) is 24.0 Å². The highest BCUT2D eigenvalue weighted by atomic mass is 127. The van der Waals surface area contributed by atoms with E-state index in [2.05, 4.69) is 32.7 Å². The van der Waals surface area contributed by atoms with E-state index in [0.717, 1.165) is 29.6 Å². The zero-order chi connectivity index (χ0) is 18.3. The van der Waals surface area contributed by atoms with Crippen molar-refractivity contribution in [3.8, 4) is 0 Å². The lowest BCUT2D eigenvalue weighted by Gasteiger charge is -2.17. The predicted octanol–water partition coefficient (Wildman–Crippen LogP) is 4.47. The molecule has 1 heterocycles. The normalized spacial score (nSPS) is 13.0. The van der Waals surface area contributed by atoms with Gasteiger partial charge in [-0.3, -0.25) is 4.99 Å². The van der Waals surface area contributed by atoms with Gasteiger partial charge < -0.3 is 10.6 Å². The van der Waals surface area contributed by atoms with Crippen LogP contribution < -0.4 is 10.6 Å². The molecule has 1 aromatic heterocycles. The van der Waals surface area contributed by atoms with Gasteiger partial charge in [-0.2, -0.15) is 13.2 Å². The van der Waals surface area contributed by atoms with E-state index in [4.69, 9.17) is 0 Å². The Bertz CT molecular complexity index is 689. The van der Waals surface area contributed by atoms with Crippen LogP contribution in [0, 0.1) is 0 Å². The molecule has 0 bridgehead atoms. The van der Waals surface area contributed by atoms with Crippen molar-refractivity contribution >= 4 is 41.3 Å². The topological polar surface area (TPSA) is 49.3 Å². The molecule has 0 aliphatic heterocycles. The van der Waals surface area contributed by atoms with Gasteiger partial charge in [0.1, 0.15) is 5.01 Å². The van der Waals surface area contributed by atoms with E-state index in [1.807, 2.05) is 25.1 Å². The Morgan fingerprint density at radius 2 is 1.96 bits per heavy atom. The molecule has 1 unspecified atom stereocenters. The summed E-state index contributed by atoms with van der Waals surface area (Å²) in [4.78, 5) is 7.69. The number of hydrogen-bond donors (Lipinski definition) is 2. The van der Waals surface area contributed by atoms with Crippen molar-refractivity contribution in [1.82, 2.24) is 15.6 Å². The minimum atomic E-state index is -4.40. The molecule has 1 aromatic carbocycles. The number of thiazole rings is 1. The van der Waals surface area contributed by atoms with Crippen molar-refractivity contribution in [1.29, 1.82) is 0 Å². The number of rotatable bonds is 6. The van der Waals surface area contributed by atoms with Crippen molar-refractivity contribution in [2.75, 3.05) is 7.05 Å². The summed E-state index contributed by atoms with van der Waals surface area (Å²) in [6, 6.07) is 10.4. The average Bonchev–Trinajstić information content (AvgIpc) is 3.07. The third-order valence-electron chi connectivity index (χ3n) is 3.56. The summed E-state index contributed by atoms with van der Waals surface area (Å²) < 4.78 is 37.7. The minimum absolute atomic E-state index is 0. The summed E-state index contributed by atoms with van der Waals surface area (Å²) in [7, 11) is 1.63. The van der Waals surface area contributed by atoms with E-state index in [1.165, 1.54) is 5.56 Å². The second kappa shape index (κ2) is 10.7. The molecule has 0 amide bonds. The van der Waals surface area contributed by atoms with E-state index in [0.29, 0.717) is 11.0 Å². The molecule has 144 valence electrons. The molecule has 9 heteroatoms. The number of nitrogens with zero attached hydrogens (tertiary/aromatic N) is 2. The van der Waals surface area contributed by atoms with Crippen LogP contribution in [0.2, 0.25) is 0 Å². The zero-order valence-corrected chi connectivity index (χ0v) is 17.7. The molecule has 26 heavy (non-hydrogen) atoms. The SMILES string of the molecule is CN=C(NCc1nc(C(F)(F)F)cs1)NC(C)CCc1ccccc1.I. The molecule has 2 N–H and O–H groups in total. The highest BCUT2D eigenvalue weighted by Crippen LogP contribution is 2.29. The average molecular weight is 498 g/mol. The minimum Gasteiger partial charge on any atom is -0.354 e. The third-order valence-corrected chi connectivity index (χ3v) is 4.41. The molecule has 0 fully saturated rings. The molecule has 1 atom stereocenters. The van der Waals surface area contributed by atoms with Crippen molar-refractivity contribution in [2.24, 2.45) is 4.99 Å². The number of guanidine groups is 1. The van der Waals surface area contributed by atoms with Gasteiger partial charge in [-0.25, -0.2) is 4.98 Å². The van der Waals surface area contributed by atoms with Crippen LogP contribution >= 0.6 is 35.3 Å². The van der Waals surface area contributed by atoms with Gasteiger partial charge in [0, 0.05) is 18.5 Å². The molecule has 2 rings (SSSR count). The number of aliphatic imine (C=N–C) groups is 1. The van der Waals surface area contributed by atoms with Crippen LogP contribution in [0.3, 0.4) is 0 Å². The van der Waals surface area contributed by atoms with Crippen molar-refractivity contribution in [3.63, 3.8) is 0 Å². The molecule has 4 nitrogen and oxygen atoms in total. The number of nitrogens with one attached hydrogen (secondary N) is 2. The summed E-state index contributed by atoms with van der Waals surface area (Å²) in [6.45, 7) is 2.24. The fraction of sp³-hybridized carbons (Fsp3) is 0.412. The van der Waals surface area contributed by atoms with Gasteiger partial charge in [-0.1, -0.05) is 30.3 Å². The standard InChI is InChI=1S/C17H21F3N4S.HI/c1-12(8-9-13-6-4-3-5-7-13)23-16(21-2)22-10-15-24-14(11-25-15)17(18,19)20;/h3-7,11-12H,8-10H2,1-2H3,(H2,21,22,23);1H. The molecular formula is C17H22F3IN4S. The van der Waals surface area contributed by atoms with Gasteiger partial charge in [0.15, 0.2) is 11.7 Å². The highest BCUT2D eigenvalue weighted by molar-refractivity contribution is 14.0. The van der Waals surface area contributed by atoms with E-state index < -0.39 is 11.9 Å². The Morgan fingerprint density at radius 1 is 1.27 bits per heavy atom. The van der Waals surface area contributed by atoms with Gasteiger partial charge in [0.05, 0.1) is 6.54 Å². The molecular weight excluding hydrogens is 476 g/mol. The fourth-order valence-corrected chi connectivity index (χ4v) is 2.95. The van der Waals surface area contributed by atoms with Gasteiger partial charge in [-0.05, 0) is 25.3 Å². The van der Waals surface area contributed by atoms with Gasteiger partial charge >= 0.3 is 6.18 Å². The first-order valence-electron chi connectivity index (χ1n) is 7.91. The molecule has 2 aromatic rings. The van der Waals surface area contributed by atoms with Gasteiger partial charge in [-0.15, -0.1) is 35.3 Å². The van der Waals surface area contributed by atoms with Crippen molar-refractivity contribution in [3.05, 3.63) is 52.0 Å². The molecule has 0 aliphatic rings. The summed E-state index contributed by atoms with van der Waals surface area (Å²) in [5, 5.41) is 7.63. The zero-order valence-electron chi connectivity index (χ0n) is 14.5. The first kappa shape index (κ1) is 22.7. The summed E-state index contributed by atoms with van der Waals surface area (Å²) in [5.41, 5.74) is 0.412. The number of benzene rings is 1. The van der Waals surface area contributed by atoms with Crippen LogP contribution in [0.4, 0.5) is 13.2 Å². The molecule has 0 saturated carbocycles. The molecule has 0 saturated heterocycles. The smallest absolute Gasteiger partial charge is 0.354 e. The lowest BCUT2D eigenvalue weighted by Crippen LogP contribution is -2.42. The van der Waals surface area contributed by atoms with E-state index >= 15 is 0 Å². The number of aromatic nitrogens is 1. The number of hydrogen-bond acceptors (Lipinski definition) is 3. The first-order chi connectivity index (χ1) is 11.9. The predicted molar refractivity (Wildman–Crippen MR) is 110 cm³/mol. The van der Waals surface area contributed by atoms with Crippen LogP contribution in [0.5, 0.6) is 0 Å². The Balaban J connectivity index is 0.00000338. The Hall–Kier alpha value is -1.36. The maximum atomic E-state index is 12.6. The summed E-state index contributed by atoms with van der Waals surface area (Å²) >= 11 is 0.979. The third kappa shape index (κ3) is 7.48. The lowest BCUT2D eigenvalue weighted by atomic mass is 10.1. The lowest BCUT2D eigenvalue weighted by molar-refractivity contribution is -0.140. The van der Waals surface area contributed by atoms with Gasteiger partial charge in [0.25, 0.3) is 0 Å². The molecule has 0 radical (unpaired) electrons. The van der Waals surface area contributed by atoms with Crippen LogP contribution in [0.15, 0.2) is 40.7 Å². The van der Waals surface area contributed by atoms with E-state index in [-0.39, 0.29) is 36.6 Å².